The SMILES string of the molecule is Cc1csc([C@@H](C#N)C(=O)COC(=O)CSc2cc(C)c(Br)cc2C)n1. The third kappa shape index (κ3) is 5.40. The van der Waals surface area contributed by atoms with Crippen molar-refractivity contribution >= 4 is 50.8 Å². The highest BCUT2D eigenvalue weighted by Gasteiger charge is 2.24. The molecule has 0 aliphatic rings. The van der Waals surface area contributed by atoms with Crippen molar-refractivity contribution in [2.75, 3.05) is 12.4 Å². The largest absolute Gasteiger partial charge is 0.457 e. The van der Waals surface area contributed by atoms with Crippen LogP contribution in [-0.4, -0.2) is 29.1 Å². The Morgan fingerprint density at radius 2 is 2.08 bits per heavy atom. The summed E-state index contributed by atoms with van der Waals surface area (Å²) in [6.07, 6.45) is 0. The van der Waals surface area contributed by atoms with Gasteiger partial charge in [0.1, 0.15) is 5.01 Å². The van der Waals surface area contributed by atoms with E-state index in [0.717, 1.165) is 26.2 Å². The zero-order chi connectivity index (χ0) is 19.3. The summed E-state index contributed by atoms with van der Waals surface area (Å²) in [5.41, 5.74) is 2.89. The van der Waals surface area contributed by atoms with E-state index in [1.54, 1.807) is 12.3 Å². The second-order valence-corrected chi connectivity index (χ2v) is 8.43. The Hall–Kier alpha value is -1.69. The molecule has 1 aromatic heterocycles. The van der Waals surface area contributed by atoms with Crippen LogP contribution >= 0.6 is 39.0 Å². The van der Waals surface area contributed by atoms with Crippen LogP contribution in [0.2, 0.25) is 0 Å². The molecule has 0 radical (unpaired) electrons. The highest BCUT2D eigenvalue weighted by Crippen LogP contribution is 2.28. The summed E-state index contributed by atoms with van der Waals surface area (Å²) in [5, 5.41) is 11.4. The molecule has 136 valence electrons. The van der Waals surface area contributed by atoms with Gasteiger partial charge in [-0.05, 0) is 44.0 Å². The van der Waals surface area contributed by atoms with Gasteiger partial charge in [0.2, 0.25) is 0 Å². The number of aromatic nitrogens is 1. The number of esters is 1. The van der Waals surface area contributed by atoms with Gasteiger partial charge in [-0.3, -0.25) is 9.59 Å². The van der Waals surface area contributed by atoms with Gasteiger partial charge in [0.05, 0.1) is 11.8 Å². The van der Waals surface area contributed by atoms with Crippen LogP contribution in [0, 0.1) is 32.1 Å². The van der Waals surface area contributed by atoms with Crippen molar-refractivity contribution in [3.63, 3.8) is 0 Å². The number of hydrogen-bond donors (Lipinski definition) is 0. The standard InChI is InChI=1S/C18H17BrN2O3S2/c1-10-5-16(11(2)4-14(10)19)25-9-17(23)24-7-15(22)13(6-20)18-21-12(3)8-26-18/h4-5,8,13H,7,9H2,1-3H3/t13-/m0/s1. The molecule has 0 aliphatic heterocycles. The third-order valence-electron chi connectivity index (χ3n) is 3.51. The molecule has 0 spiro atoms. The average molecular weight is 453 g/mol. The minimum atomic E-state index is -0.995. The number of nitriles is 1. The zero-order valence-electron chi connectivity index (χ0n) is 14.5. The number of benzene rings is 1. The fraction of sp³-hybridized carbons (Fsp3) is 0.333. The lowest BCUT2D eigenvalue weighted by Gasteiger charge is -2.09. The first-order valence-corrected chi connectivity index (χ1v) is 10.4. The number of aryl methyl sites for hydroxylation is 3. The predicted octanol–water partition coefficient (Wildman–Crippen LogP) is 4.34. The summed E-state index contributed by atoms with van der Waals surface area (Å²) in [4.78, 5) is 29.2. The van der Waals surface area contributed by atoms with Crippen LogP contribution < -0.4 is 0 Å². The van der Waals surface area contributed by atoms with Crippen LogP contribution in [-0.2, 0) is 14.3 Å². The first-order chi connectivity index (χ1) is 12.3. The molecule has 2 rings (SSSR count). The molecule has 1 atom stereocenters. The van der Waals surface area contributed by atoms with Crippen molar-refractivity contribution in [2.24, 2.45) is 0 Å². The molecule has 0 unspecified atom stereocenters. The van der Waals surface area contributed by atoms with Crippen molar-refractivity contribution < 1.29 is 14.3 Å². The molecule has 0 saturated carbocycles. The minimum Gasteiger partial charge on any atom is -0.457 e. The minimum absolute atomic E-state index is 0.1000. The van der Waals surface area contributed by atoms with E-state index < -0.39 is 24.3 Å². The molecule has 0 fully saturated rings. The van der Waals surface area contributed by atoms with E-state index in [4.69, 9.17) is 4.74 Å². The lowest BCUT2D eigenvalue weighted by atomic mass is 10.1. The summed E-state index contributed by atoms with van der Waals surface area (Å²) >= 11 is 6.09. The molecule has 8 heteroatoms. The Bertz CT molecular complexity index is 874. The van der Waals surface area contributed by atoms with Crippen LogP contribution in [0.3, 0.4) is 0 Å². The third-order valence-corrected chi connectivity index (χ3v) is 6.52. The second-order valence-electron chi connectivity index (χ2n) is 5.67. The van der Waals surface area contributed by atoms with Crippen LogP contribution in [0.5, 0.6) is 0 Å². The number of hydrogen-bond acceptors (Lipinski definition) is 7. The number of carbonyl (C=O) groups is 2. The molecule has 5 nitrogen and oxygen atoms in total. The Morgan fingerprint density at radius 3 is 2.69 bits per heavy atom. The van der Waals surface area contributed by atoms with E-state index in [9.17, 15) is 14.9 Å². The van der Waals surface area contributed by atoms with Gasteiger partial charge in [0, 0.05) is 20.4 Å². The van der Waals surface area contributed by atoms with Gasteiger partial charge in [0.15, 0.2) is 18.3 Å². The van der Waals surface area contributed by atoms with Crippen molar-refractivity contribution in [1.29, 1.82) is 5.26 Å². The van der Waals surface area contributed by atoms with Gasteiger partial charge in [-0.25, -0.2) is 4.98 Å². The maximum Gasteiger partial charge on any atom is 0.316 e. The molecule has 0 bridgehead atoms. The topological polar surface area (TPSA) is 80.0 Å². The normalized spacial score (nSPS) is 11.7. The van der Waals surface area contributed by atoms with Gasteiger partial charge >= 0.3 is 5.97 Å². The molecule has 0 amide bonds. The first kappa shape index (κ1) is 20.6. The maximum absolute atomic E-state index is 12.2. The van der Waals surface area contributed by atoms with Gasteiger partial charge < -0.3 is 4.74 Å². The monoisotopic (exact) mass is 452 g/mol. The predicted molar refractivity (Wildman–Crippen MR) is 106 cm³/mol. The number of rotatable bonds is 7. The Balaban J connectivity index is 1.87. The van der Waals surface area contributed by atoms with Gasteiger partial charge in [0.25, 0.3) is 0 Å². The average Bonchev–Trinajstić information content (AvgIpc) is 3.01. The van der Waals surface area contributed by atoms with Crippen molar-refractivity contribution in [3.05, 3.63) is 43.8 Å². The highest BCUT2D eigenvalue weighted by molar-refractivity contribution is 9.10. The molecule has 0 N–H and O–H groups in total. The van der Waals surface area contributed by atoms with Gasteiger partial charge in [-0.1, -0.05) is 15.9 Å². The quantitative estimate of drug-likeness (QED) is 0.458. The summed E-state index contributed by atoms with van der Waals surface area (Å²) in [7, 11) is 0. The van der Waals surface area contributed by atoms with Crippen molar-refractivity contribution in [2.45, 2.75) is 31.6 Å². The second kappa shape index (κ2) is 9.31. The summed E-state index contributed by atoms with van der Waals surface area (Å²) in [6, 6.07) is 5.93. The zero-order valence-corrected chi connectivity index (χ0v) is 17.8. The molecular weight excluding hydrogens is 436 g/mol. The fourth-order valence-electron chi connectivity index (χ4n) is 2.09. The number of ketones is 1. The lowest BCUT2D eigenvalue weighted by molar-refractivity contribution is -0.145. The maximum atomic E-state index is 12.2. The Morgan fingerprint density at radius 1 is 1.35 bits per heavy atom. The van der Waals surface area contributed by atoms with Gasteiger partial charge in [-0.2, -0.15) is 5.26 Å². The molecule has 0 saturated heterocycles. The van der Waals surface area contributed by atoms with Crippen molar-refractivity contribution in [3.8, 4) is 6.07 Å². The van der Waals surface area contributed by atoms with E-state index in [1.807, 2.05) is 32.0 Å². The lowest BCUT2D eigenvalue weighted by Crippen LogP contribution is -2.20. The number of thiazole rings is 1. The van der Waals surface area contributed by atoms with E-state index >= 15 is 0 Å². The smallest absolute Gasteiger partial charge is 0.316 e. The number of Topliss-reactive ketones (excluding diaryl/α,β-unsaturated/α-hetero) is 1. The van der Waals surface area contributed by atoms with Crippen LogP contribution in [0.15, 0.2) is 26.9 Å². The molecule has 1 aromatic carbocycles. The number of ether oxygens (including phenoxy) is 1. The van der Waals surface area contributed by atoms with Gasteiger partial charge in [-0.15, -0.1) is 23.1 Å². The molecule has 1 heterocycles. The number of halogens is 1. The molecule has 0 aliphatic carbocycles. The van der Waals surface area contributed by atoms with E-state index in [0.29, 0.717) is 5.01 Å². The molecule has 26 heavy (non-hydrogen) atoms. The molecule has 2 aromatic rings. The van der Waals surface area contributed by atoms with E-state index in [2.05, 4.69) is 20.9 Å². The number of carbonyl (C=O) groups excluding carboxylic acids is 2. The first-order valence-electron chi connectivity index (χ1n) is 7.71. The summed E-state index contributed by atoms with van der Waals surface area (Å²) < 4.78 is 6.06. The highest BCUT2D eigenvalue weighted by atomic mass is 79.9. The fourth-order valence-corrected chi connectivity index (χ4v) is 4.32. The van der Waals surface area contributed by atoms with Crippen LogP contribution in [0.25, 0.3) is 0 Å². The van der Waals surface area contributed by atoms with Crippen LogP contribution in [0.1, 0.15) is 27.7 Å². The Kier molecular flexibility index (Phi) is 7.38. The van der Waals surface area contributed by atoms with E-state index in [-0.39, 0.29) is 5.75 Å². The molecular formula is C18H17BrN2O3S2. The Labute approximate surface area is 168 Å². The summed E-state index contributed by atoms with van der Waals surface area (Å²) in [5.74, 6) is -1.85. The van der Waals surface area contributed by atoms with Crippen molar-refractivity contribution in [1.82, 2.24) is 4.98 Å². The van der Waals surface area contributed by atoms with E-state index in [1.165, 1.54) is 23.1 Å². The van der Waals surface area contributed by atoms with Crippen LogP contribution in [0.4, 0.5) is 0 Å². The number of nitrogens with zero attached hydrogens (tertiary/aromatic N) is 2. The number of thioether (sulfide) groups is 1. The summed E-state index contributed by atoms with van der Waals surface area (Å²) in [6.45, 7) is 5.32.